The maximum atomic E-state index is 5.42. The number of rotatable bonds is 5. The van der Waals surface area contributed by atoms with Gasteiger partial charge in [-0.2, -0.15) is 0 Å². The van der Waals surface area contributed by atoms with Gasteiger partial charge in [-0.25, -0.2) is 0 Å². The topological polar surface area (TPSA) is 52.0 Å². The molecule has 56 valence electrons. The van der Waals surface area contributed by atoms with Crippen molar-refractivity contribution in [2.24, 2.45) is 17.4 Å². The second-order valence-electron chi connectivity index (χ2n) is 2.63. The Morgan fingerprint density at radius 1 is 1.22 bits per heavy atom. The lowest BCUT2D eigenvalue weighted by atomic mass is 10.0. The molecule has 0 aromatic heterocycles. The number of hydrogen-bond acceptors (Lipinski definition) is 2. The van der Waals surface area contributed by atoms with Gasteiger partial charge in [0.2, 0.25) is 0 Å². The summed E-state index contributed by atoms with van der Waals surface area (Å²) in [6.45, 7) is 3.80. The summed E-state index contributed by atoms with van der Waals surface area (Å²) in [7, 11) is 0. The van der Waals surface area contributed by atoms with E-state index in [9.17, 15) is 0 Å². The predicted molar refractivity (Wildman–Crippen MR) is 41.1 cm³/mol. The first kappa shape index (κ1) is 8.92. The summed E-state index contributed by atoms with van der Waals surface area (Å²) in [5.41, 5.74) is 10.7. The average Bonchev–Trinajstić information content (AvgIpc) is 1.89. The van der Waals surface area contributed by atoms with Gasteiger partial charge in [0.05, 0.1) is 0 Å². The molecule has 2 heteroatoms. The summed E-state index contributed by atoms with van der Waals surface area (Å²) in [4.78, 5) is 0. The summed E-state index contributed by atoms with van der Waals surface area (Å²) in [6, 6.07) is 0. The van der Waals surface area contributed by atoms with Gasteiger partial charge < -0.3 is 11.5 Å². The van der Waals surface area contributed by atoms with Crippen molar-refractivity contribution >= 4 is 0 Å². The fraction of sp³-hybridized carbons (Fsp3) is 1.00. The molecule has 0 amide bonds. The Kier molecular flexibility index (Phi) is 5.99. The molecule has 0 spiro atoms. The molecule has 9 heavy (non-hydrogen) atoms. The van der Waals surface area contributed by atoms with E-state index in [4.69, 9.17) is 11.5 Å². The summed E-state index contributed by atoms with van der Waals surface area (Å²) in [6.07, 6.45) is 3.60. The highest BCUT2D eigenvalue weighted by Gasteiger charge is 1.96. The van der Waals surface area contributed by atoms with Crippen LogP contribution in [-0.2, 0) is 0 Å². The van der Waals surface area contributed by atoms with Gasteiger partial charge in [0.25, 0.3) is 0 Å². The SMILES string of the molecule is CC(CN)CCCCN. The Bertz CT molecular complexity index is 54.9. The second-order valence-corrected chi connectivity index (χ2v) is 2.63. The number of nitrogens with two attached hydrogens (primary N) is 2. The van der Waals surface area contributed by atoms with Crippen molar-refractivity contribution in [2.45, 2.75) is 26.2 Å². The molecule has 1 unspecified atom stereocenters. The van der Waals surface area contributed by atoms with Crippen LogP contribution in [0.15, 0.2) is 0 Å². The first-order valence-electron chi connectivity index (χ1n) is 3.71. The first-order valence-corrected chi connectivity index (χ1v) is 3.71. The first-order chi connectivity index (χ1) is 4.31. The van der Waals surface area contributed by atoms with Gasteiger partial charge in [0.15, 0.2) is 0 Å². The number of hydrogen-bond donors (Lipinski definition) is 2. The molecule has 0 saturated carbocycles. The van der Waals surface area contributed by atoms with E-state index in [1.807, 2.05) is 0 Å². The average molecular weight is 130 g/mol. The van der Waals surface area contributed by atoms with E-state index in [1.165, 1.54) is 12.8 Å². The Hall–Kier alpha value is -0.0800. The normalized spacial score (nSPS) is 13.7. The fourth-order valence-electron chi connectivity index (χ4n) is 0.755. The zero-order chi connectivity index (χ0) is 7.11. The number of unbranched alkanes of at least 4 members (excludes halogenated alkanes) is 1. The van der Waals surface area contributed by atoms with Crippen molar-refractivity contribution in [2.75, 3.05) is 13.1 Å². The third-order valence-electron chi connectivity index (χ3n) is 1.55. The van der Waals surface area contributed by atoms with E-state index in [0.29, 0.717) is 5.92 Å². The molecule has 2 nitrogen and oxygen atoms in total. The zero-order valence-electron chi connectivity index (χ0n) is 6.27. The van der Waals surface area contributed by atoms with E-state index in [2.05, 4.69) is 6.92 Å². The van der Waals surface area contributed by atoms with E-state index in [-0.39, 0.29) is 0 Å². The van der Waals surface area contributed by atoms with Crippen LogP contribution >= 0.6 is 0 Å². The van der Waals surface area contributed by atoms with Gasteiger partial charge >= 0.3 is 0 Å². The van der Waals surface area contributed by atoms with Crippen LogP contribution in [0.3, 0.4) is 0 Å². The van der Waals surface area contributed by atoms with Crippen molar-refractivity contribution in [3.63, 3.8) is 0 Å². The van der Waals surface area contributed by atoms with Crippen LogP contribution in [0, 0.1) is 5.92 Å². The Morgan fingerprint density at radius 3 is 2.33 bits per heavy atom. The van der Waals surface area contributed by atoms with E-state index < -0.39 is 0 Å². The highest BCUT2D eigenvalue weighted by Crippen LogP contribution is 2.04. The molecule has 0 aromatic carbocycles. The standard InChI is InChI=1S/C7H18N2/c1-7(6-9)4-2-3-5-8/h7H,2-6,8-9H2,1H3. The molecule has 0 bridgehead atoms. The molecular weight excluding hydrogens is 112 g/mol. The molecule has 0 aliphatic carbocycles. The quantitative estimate of drug-likeness (QED) is 0.538. The summed E-state index contributed by atoms with van der Waals surface area (Å²) >= 11 is 0. The summed E-state index contributed by atoms with van der Waals surface area (Å²) < 4.78 is 0. The summed E-state index contributed by atoms with van der Waals surface area (Å²) in [5.74, 6) is 0.677. The molecule has 0 saturated heterocycles. The molecule has 0 radical (unpaired) electrons. The molecule has 0 aliphatic rings. The van der Waals surface area contributed by atoms with Crippen LogP contribution in [0.2, 0.25) is 0 Å². The zero-order valence-corrected chi connectivity index (χ0v) is 6.27. The lowest BCUT2D eigenvalue weighted by Crippen LogP contribution is -2.10. The van der Waals surface area contributed by atoms with Crippen molar-refractivity contribution < 1.29 is 0 Å². The lowest BCUT2D eigenvalue weighted by Gasteiger charge is -2.05. The minimum Gasteiger partial charge on any atom is -0.330 e. The molecular formula is C7H18N2. The van der Waals surface area contributed by atoms with Crippen LogP contribution in [0.4, 0.5) is 0 Å². The van der Waals surface area contributed by atoms with Crippen LogP contribution in [0.25, 0.3) is 0 Å². The maximum absolute atomic E-state index is 5.42. The lowest BCUT2D eigenvalue weighted by molar-refractivity contribution is 0.510. The minimum atomic E-state index is 0.677. The van der Waals surface area contributed by atoms with Gasteiger partial charge in [-0.1, -0.05) is 13.3 Å². The van der Waals surface area contributed by atoms with Crippen LogP contribution in [0.5, 0.6) is 0 Å². The Balaban J connectivity index is 2.88. The van der Waals surface area contributed by atoms with Gasteiger partial charge in [-0.3, -0.25) is 0 Å². The Morgan fingerprint density at radius 2 is 1.89 bits per heavy atom. The van der Waals surface area contributed by atoms with Gasteiger partial charge in [0.1, 0.15) is 0 Å². The van der Waals surface area contributed by atoms with Crippen LogP contribution < -0.4 is 11.5 Å². The maximum Gasteiger partial charge on any atom is -0.00515 e. The molecule has 1 atom stereocenters. The molecule has 0 heterocycles. The van der Waals surface area contributed by atoms with Crippen LogP contribution in [-0.4, -0.2) is 13.1 Å². The predicted octanol–water partition coefficient (Wildman–Crippen LogP) is 0.710. The summed E-state index contributed by atoms with van der Waals surface area (Å²) in [5, 5.41) is 0. The van der Waals surface area contributed by atoms with Crippen molar-refractivity contribution in [3.8, 4) is 0 Å². The second kappa shape index (κ2) is 6.05. The third-order valence-corrected chi connectivity index (χ3v) is 1.55. The monoisotopic (exact) mass is 130 g/mol. The fourth-order valence-corrected chi connectivity index (χ4v) is 0.755. The largest absolute Gasteiger partial charge is 0.330 e. The van der Waals surface area contributed by atoms with Gasteiger partial charge in [-0.05, 0) is 31.8 Å². The highest BCUT2D eigenvalue weighted by molar-refractivity contribution is 4.52. The van der Waals surface area contributed by atoms with Crippen molar-refractivity contribution in [3.05, 3.63) is 0 Å². The van der Waals surface area contributed by atoms with Gasteiger partial charge in [0, 0.05) is 0 Å². The molecule has 4 N–H and O–H groups in total. The van der Waals surface area contributed by atoms with E-state index in [1.54, 1.807) is 0 Å². The molecule has 0 aliphatic heterocycles. The molecule has 0 aromatic rings. The highest BCUT2D eigenvalue weighted by atomic mass is 14.5. The van der Waals surface area contributed by atoms with Gasteiger partial charge in [-0.15, -0.1) is 0 Å². The smallest absolute Gasteiger partial charge is 0.00515 e. The van der Waals surface area contributed by atoms with Crippen molar-refractivity contribution in [1.82, 2.24) is 0 Å². The third kappa shape index (κ3) is 5.80. The molecule has 0 rings (SSSR count). The van der Waals surface area contributed by atoms with E-state index in [0.717, 1.165) is 19.5 Å². The Labute approximate surface area is 57.6 Å². The van der Waals surface area contributed by atoms with Crippen LogP contribution in [0.1, 0.15) is 26.2 Å². The molecule has 0 fully saturated rings. The van der Waals surface area contributed by atoms with E-state index >= 15 is 0 Å². The minimum absolute atomic E-state index is 0.677. The van der Waals surface area contributed by atoms with Crippen molar-refractivity contribution in [1.29, 1.82) is 0 Å².